The van der Waals surface area contributed by atoms with E-state index in [1.54, 1.807) is 12.1 Å². The molecule has 9 atom stereocenters. The van der Waals surface area contributed by atoms with Crippen molar-refractivity contribution >= 4 is 71.1 Å². The van der Waals surface area contributed by atoms with Gasteiger partial charge in [0.15, 0.2) is 0 Å². The standard InChI is InChI=1S/C56H71N9O18/c1-29(2)46(53(80)64-22-6-8-43(64)51(78)61-40(27-44(70)71)49(76)59-38(47(74)57-30(3)54(81)82)24-32-9-15-35(67)16-10-32)63-50(77)41(28-45(72)73)60-48(75)39(25-33-11-17-36(68)18-12-33)62-55(83)56(5)21-7-23-65(56)52(79)42(58-31(4)66)26-34-13-19-37(69)20-14-34/h9-20,29-30,38-43,46,67-69H,6-8,21-28H2,1-5H3,(H,57,74)(H,58,66)(H,59,76)(H,60,75)(H,61,78)(H,62,83)(H,63,77)(H,70,71)(H,72,73)(H,81,82)/t30-,38-,39+,40-,41+,42+,43-,46-,56+/m1/s1. The van der Waals surface area contributed by atoms with Crippen LogP contribution in [0.1, 0.15) is 89.8 Å². The number of carbonyl (C=O) groups excluding carboxylic acids is 9. The summed E-state index contributed by atoms with van der Waals surface area (Å²) in [4.78, 5) is 164. The van der Waals surface area contributed by atoms with E-state index in [9.17, 15) is 88.2 Å². The summed E-state index contributed by atoms with van der Waals surface area (Å²) in [6, 6.07) is 4.65. The van der Waals surface area contributed by atoms with Gasteiger partial charge in [-0.1, -0.05) is 50.2 Å². The lowest BCUT2D eigenvalue weighted by atomic mass is 9.94. The number of phenolic OH excluding ortho intramolecular Hbond substituents is 3. The average Bonchev–Trinajstić information content (AvgIpc) is 4.24. The summed E-state index contributed by atoms with van der Waals surface area (Å²) >= 11 is 0. The molecule has 2 saturated heterocycles. The predicted octanol–water partition coefficient (Wildman–Crippen LogP) is -0.673. The van der Waals surface area contributed by atoms with Gasteiger partial charge in [0.05, 0.1) is 12.8 Å². The minimum absolute atomic E-state index is 0.00657. The summed E-state index contributed by atoms with van der Waals surface area (Å²) in [5.41, 5.74) is -0.251. The Morgan fingerprint density at radius 3 is 1.43 bits per heavy atom. The van der Waals surface area contributed by atoms with Crippen LogP contribution in [0.15, 0.2) is 72.8 Å². The van der Waals surface area contributed by atoms with Gasteiger partial charge in [0.1, 0.15) is 71.1 Å². The van der Waals surface area contributed by atoms with Gasteiger partial charge in [-0.3, -0.25) is 57.5 Å². The SMILES string of the molecule is CC(=O)N[C@@H](Cc1ccc(O)cc1)C(=O)N1CCC[C@@]1(C)C(=O)N[C@@H](Cc1ccc(O)cc1)C(=O)N[C@@H](CC(=O)O)C(=O)N[C@@H](C(=O)N1CCC[C@@H]1C(=O)N[C@H](CC(=O)O)C(=O)N[C@H](Cc1ccc(O)cc1)C(=O)N[C@H](C)C(=O)O)C(C)C. The Bertz CT molecular complexity index is 2900. The van der Waals surface area contributed by atoms with Crippen molar-refractivity contribution in [3.8, 4) is 17.2 Å². The third-order valence-corrected chi connectivity index (χ3v) is 14.3. The van der Waals surface area contributed by atoms with Crippen LogP contribution in [0.3, 0.4) is 0 Å². The first-order valence-electron chi connectivity index (χ1n) is 26.8. The molecule has 3 aromatic carbocycles. The van der Waals surface area contributed by atoms with Crippen LogP contribution in [-0.2, 0) is 76.8 Å². The molecule has 0 aromatic heterocycles. The van der Waals surface area contributed by atoms with E-state index >= 15 is 0 Å². The average molecular weight is 1160 g/mol. The molecule has 0 spiro atoms. The maximum absolute atomic E-state index is 14.5. The minimum Gasteiger partial charge on any atom is -0.508 e. The highest BCUT2D eigenvalue weighted by Crippen LogP contribution is 2.31. The van der Waals surface area contributed by atoms with Crippen molar-refractivity contribution in [1.29, 1.82) is 0 Å². The summed E-state index contributed by atoms with van der Waals surface area (Å²) in [7, 11) is 0. The highest BCUT2D eigenvalue weighted by atomic mass is 16.4. The lowest BCUT2D eigenvalue weighted by molar-refractivity contribution is -0.147. The first kappa shape index (κ1) is 64.5. The third-order valence-electron chi connectivity index (χ3n) is 14.3. The van der Waals surface area contributed by atoms with Crippen molar-refractivity contribution in [2.24, 2.45) is 5.92 Å². The summed E-state index contributed by atoms with van der Waals surface area (Å²) in [6.45, 7) is 6.92. The number of aromatic hydroxyl groups is 3. The Morgan fingerprint density at radius 1 is 0.530 bits per heavy atom. The molecule has 2 heterocycles. The number of benzene rings is 3. The molecule has 83 heavy (non-hydrogen) atoms. The van der Waals surface area contributed by atoms with Crippen molar-refractivity contribution in [2.75, 3.05) is 13.1 Å². The Labute approximate surface area is 476 Å². The van der Waals surface area contributed by atoms with Gasteiger partial charge in [-0.2, -0.15) is 0 Å². The minimum atomic E-state index is -1.91. The lowest BCUT2D eigenvalue weighted by Gasteiger charge is -2.37. The van der Waals surface area contributed by atoms with Gasteiger partial charge in [-0.05, 0) is 98.5 Å². The van der Waals surface area contributed by atoms with Gasteiger partial charge in [-0.25, -0.2) is 0 Å². The first-order valence-corrected chi connectivity index (χ1v) is 26.8. The van der Waals surface area contributed by atoms with Crippen LogP contribution in [0, 0.1) is 5.92 Å². The number of nitrogens with zero attached hydrogens (tertiary/aromatic N) is 2. The number of rotatable bonds is 27. The first-order chi connectivity index (χ1) is 39.1. The molecule has 0 saturated carbocycles. The van der Waals surface area contributed by atoms with Crippen molar-refractivity contribution in [2.45, 2.75) is 146 Å². The molecule has 0 bridgehead atoms. The molecule has 0 radical (unpaired) electrons. The van der Waals surface area contributed by atoms with E-state index in [-0.39, 0.29) is 68.9 Å². The molecule has 9 amide bonds. The molecule has 448 valence electrons. The zero-order chi connectivity index (χ0) is 61.5. The second-order valence-electron chi connectivity index (χ2n) is 21.1. The maximum atomic E-state index is 14.5. The molecular weight excluding hydrogens is 1090 g/mol. The van der Waals surface area contributed by atoms with Gasteiger partial charge in [0.2, 0.25) is 53.2 Å². The number of likely N-dealkylation sites (tertiary alicyclic amines) is 2. The normalized spacial score (nSPS) is 18.2. The van der Waals surface area contributed by atoms with Crippen molar-refractivity contribution in [3.63, 3.8) is 0 Å². The number of carboxylic acids is 3. The van der Waals surface area contributed by atoms with E-state index in [1.165, 1.54) is 100 Å². The monoisotopic (exact) mass is 1160 g/mol. The molecule has 5 rings (SSSR count). The molecule has 27 heteroatoms. The van der Waals surface area contributed by atoms with Crippen LogP contribution in [-0.4, -0.2) is 178 Å². The van der Waals surface area contributed by atoms with Crippen LogP contribution in [0.2, 0.25) is 0 Å². The molecule has 2 aliphatic rings. The molecule has 2 aliphatic heterocycles. The molecule has 0 aliphatic carbocycles. The van der Waals surface area contributed by atoms with Crippen molar-refractivity contribution in [3.05, 3.63) is 89.5 Å². The van der Waals surface area contributed by atoms with Crippen LogP contribution < -0.4 is 37.2 Å². The van der Waals surface area contributed by atoms with E-state index in [4.69, 9.17) is 0 Å². The van der Waals surface area contributed by atoms with Gasteiger partial charge in [0, 0.05) is 39.3 Å². The number of carbonyl (C=O) groups is 12. The van der Waals surface area contributed by atoms with E-state index in [1.807, 2.05) is 0 Å². The van der Waals surface area contributed by atoms with Gasteiger partial charge >= 0.3 is 17.9 Å². The second kappa shape index (κ2) is 28.9. The van der Waals surface area contributed by atoms with Crippen LogP contribution in [0.25, 0.3) is 0 Å². The van der Waals surface area contributed by atoms with Gasteiger partial charge < -0.3 is 77.7 Å². The van der Waals surface area contributed by atoms with Crippen LogP contribution in [0.4, 0.5) is 0 Å². The molecule has 2 fully saturated rings. The topological polar surface area (TPSA) is 417 Å². The molecule has 13 N–H and O–H groups in total. The van der Waals surface area contributed by atoms with Crippen LogP contribution in [0.5, 0.6) is 17.2 Å². The van der Waals surface area contributed by atoms with E-state index in [0.29, 0.717) is 23.1 Å². The highest BCUT2D eigenvalue weighted by molar-refractivity contribution is 6.00. The lowest BCUT2D eigenvalue weighted by Crippen LogP contribution is -2.63. The second-order valence-corrected chi connectivity index (χ2v) is 21.1. The summed E-state index contributed by atoms with van der Waals surface area (Å²) in [6.07, 6.45) is -1.98. The summed E-state index contributed by atoms with van der Waals surface area (Å²) in [5.74, 6) is -13.8. The number of amides is 9. The molecule has 0 unspecified atom stereocenters. The number of carboxylic acid groups (broad SMARTS) is 3. The van der Waals surface area contributed by atoms with Crippen molar-refractivity contribution < 1.29 is 88.2 Å². The predicted molar refractivity (Wildman–Crippen MR) is 291 cm³/mol. The molecular formula is C56H71N9O18. The van der Waals surface area contributed by atoms with Gasteiger partial charge in [-0.15, -0.1) is 0 Å². The Hall–Kier alpha value is -9.30. The van der Waals surface area contributed by atoms with E-state index in [0.717, 1.165) is 4.90 Å². The van der Waals surface area contributed by atoms with E-state index < -0.39 is 144 Å². The zero-order valence-electron chi connectivity index (χ0n) is 46.4. The van der Waals surface area contributed by atoms with Crippen molar-refractivity contribution in [1.82, 2.24) is 47.0 Å². The molecule has 27 nitrogen and oxygen atoms in total. The number of hydrogen-bond donors (Lipinski definition) is 13. The number of nitrogens with one attached hydrogen (secondary N) is 7. The van der Waals surface area contributed by atoms with Gasteiger partial charge in [0.25, 0.3) is 0 Å². The smallest absolute Gasteiger partial charge is 0.325 e. The largest absolute Gasteiger partial charge is 0.508 e. The Morgan fingerprint density at radius 2 is 0.964 bits per heavy atom. The fourth-order valence-corrected chi connectivity index (χ4v) is 9.73. The highest BCUT2D eigenvalue weighted by Gasteiger charge is 2.49. The number of phenols is 3. The fraction of sp³-hybridized carbons (Fsp3) is 0.464. The summed E-state index contributed by atoms with van der Waals surface area (Å²) in [5, 5.41) is 75.9. The van der Waals surface area contributed by atoms with Crippen LogP contribution >= 0.6 is 0 Å². The Balaban J connectivity index is 1.34. The van der Waals surface area contributed by atoms with E-state index in [2.05, 4.69) is 37.2 Å². The number of hydrogen-bond acceptors (Lipinski definition) is 15. The quantitative estimate of drug-likeness (QED) is 0.0450. The molecule has 3 aromatic rings. The summed E-state index contributed by atoms with van der Waals surface area (Å²) < 4.78 is 0. The Kier molecular flexibility index (Phi) is 22.5. The third kappa shape index (κ3) is 18.1. The maximum Gasteiger partial charge on any atom is 0.325 e. The number of aliphatic carboxylic acids is 3. The zero-order valence-corrected chi connectivity index (χ0v) is 46.4. The fourth-order valence-electron chi connectivity index (χ4n) is 9.73.